The van der Waals surface area contributed by atoms with E-state index in [9.17, 15) is 8.42 Å². The van der Waals surface area contributed by atoms with E-state index in [-0.39, 0.29) is 23.0 Å². The third kappa shape index (κ3) is 4.18. The lowest BCUT2D eigenvalue weighted by atomic mass is 9.95. The van der Waals surface area contributed by atoms with Crippen molar-refractivity contribution in [1.29, 1.82) is 5.26 Å². The van der Waals surface area contributed by atoms with Crippen molar-refractivity contribution < 1.29 is 8.42 Å². The van der Waals surface area contributed by atoms with Gasteiger partial charge in [0.15, 0.2) is 0 Å². The Morgan fingerprint density at radius 1 is 1.40 bits per heavy atom. The number of hydrogen-bond acceptors (Lipinski definition) is 4. The van der Waals surface area contributed by atoms with Gasteiger partial charge in [-0.25, -0.2) is 8.42 Å². The predicted octanol–water partition coefficient (Wildman–Crippen LogP) is 0.703. The highest BCUT2D eigenvalue weighted by Crippen LogP contribution is 2.15. The van der Waals surface area contributed by atoms with Crippen molar-refractivity contribution in [2.75, 3.05) is 18.1 Å². The fraction of sp³-hybridized carbons (Fsp3) is 0.900. The van der Waals surface area contributed by atoms with Gasteiger partial charge in [0, 0.05) is 12.6 Å². The zero-order chi connectivity index (χ0) is 11.5. The highest BCUT2D eigenvalue weighted by molar-refractivity contribution is 7.91. The third-order valence-corrected chi connectivity index (χ3v) is 4.41. The summed E-state index contributed by atoms with van der Waals surface area (Å²) < 4.78 is 22.3. The summed E-state index contributed by atoms with van der Waals surface area (Å²) in [6, 6.07) is 2.47. The van der Waals surface area contributed by atoms with Crippen molar-refractivity contribution in [3.05, 3.63) is 0 Å². The van der Waals surface area contributed by atoms with Gasteiger partial charge in [0.2, 0.25) is 0 Å². The Bertz CT molecular complexity index is 340. The molecule has 0 aromatic rings. The van der Waals surface area contributed by atoms with Crippen LogP contribution in [0.1, 0.15) is 26.7 Å². The van der Waals surface area contributed by atoms with Crippen LogP contribution in [0.3, 0.4) is 0 Å². The Balaban J connectivity index is 2.35. The maximum absolute atomic E-state index is 11.2. The van der Waals surface area contributed by atoms with Gasteiger partial charge in [0.05, 0.1) is 23.0 Å². The topological polar surface area (TPSA) is 70.0 Å². The van der Waals surface area contributed by atoms with Gasteiger partial charge in [-0.15, -0.1) is 0 Å². The molecular weight excluding hydrogens is 212 g/mol. The van der Waals surface area contributed by atoms with Crippen LogP contribution >= 0.6 is 0 Å². The molecule has 0 amide bonds. The lowest BCUT2D eigenvalue weighted by molar-refractivity contribution is 0.382. The van der Waals surface area contributed by atoms with Gasteiger partial charge < -0.3 is 5.32 Å². The molecule has 0 aromatic carbocycles. The summed E-state index contributed by atoms with van der Waals surface area (Å²) in [6.45, 7) is 4.37. The number of rotatable bonds is 3. The molecule has 1 N–H and O–H groups in total. The van der Waals surface area contributed by atoms with E-state index in [0.717, 1.165) is 0 Å². The van der Waals surface area contributed by atoms with Crippen molar-refractivity contribution in [2.24, 2.45) is 5.41 Å². The fourth-order valence-corrected chi connectivity index (χ4v) is 3.02. The largest absolute Gasteiger partial charge is 0.312 e. The van der Waals surface area contributed by atoms with Gasteiger partial charge in [-0.2, -0.15) is 5.26 Å². The first-order chi connectivity index (χ1) is 6.85. The maximum Gasteiger partial charge on any atom is 0.150 e. The first-order valence-electron chi connectivity index (χ1n) is 5.20. The molecule has 0 aromatic heterocycles. The molecule has 1 aliphatic rings. The van der Waals surface area contributed by atoms with Crippen LogP contribution in [0.5, 0.6) is 0 Å². The van der Waals surface area contributed by atoms with Gasteiger partial charge in [-0.05, 0) is 26.7 Å². The lowest BCUT2D eigenvalue weighted by Gasteiger charge is -2.26. The first-order valence-corrected chi connectivity index (χ1v) is 7.02. The predicted molar refractivity (Wildman–Crippen MR) is 59.1 cm³/mol. The fourth-order valence-electron chi connectivity index (χ4n) is 1.53. The molecule has 0 bridgehead atoms. The van der Waals surface area contributed by atoms with Crippen LogP contribution < -0.4 is 5.32 Å². The Morgan fingerprint density at radius 3 is 2.40 bits per heavy atom. The lowest BCUT2D eigenvalue weighted by Crippen LogP contribution is -2.41. The minimum Gasteiger partial charge on any atom is -0.312 e. The number of nitrogens with zero attached hydrogens (tertiary/aromatic N) is 1. The maximum atomic E-state index is 11.2. The average molecular weight is 230 g/mol. The van der Waals surface area contributed by atoms with Crippen molar-refractivity contribution in [1.82, 2.24) is 5.32 Å². The minimum atomic E-state index is -2.78. The summed E-state index contributed by atoms with van der Waals surface area (Å²) in [5.74, 6) is 0.551. The summed E-state index contributed by atoms with van der Waals surface area (Å²) in [6.07, 6.45) is 1.34. The number of hydrogen-bond donors (Lipinski definition) is 1. The molecule has 86 valence electrons. The zero-order valence-electron chi connectivity index (χ0n) is 9.28. The summed E-state index contributed by atoms with van der Waals surface area (Å²) in [5.41, 5.74) is -0.379. The molecule has 1 rings (SSSR count). The van der Waals surface area contributed by atoms with Crippen LogP contribution in [0.25, 0.3) is 0 Å². The van der Waals surface area contributed by atoms with Gasteiger partial charge >= 0.3 is 0 Å². The second kappa shape index (κ2) is 4.50. The SMILES string of the molecule is CC(C)(C#N)CNC1CCS(=O)(=O)CC1. The monoisotopic (exact) mass is 230 g/mol. The Labute approximate surface area is 91.6 Å². The van der Waals surface area contributed by atoms with Crippen molar-refractivity contribution >= 4 is 9.84 Å². The molecule has 0 saturated carbocycles. The summed E-state index contributed by atoms with van der Waals surface area (Å²) in [5, 5.41) is 12.1. The van der Waals surface area contributed by atoms with E-state index < -0.39 is 9.84 Å². The Kier molecular flexibility index (Phi) is 3.74. The van der Waals surface area contributed by atoms with E-state index >= 15 is 0 Å². The summed E-state index contributed by atoms with van der Waals surface area (Å²) in [7, 11) is -2.78. The molecule has 4 nitrogen and oxygen atoms in total. The minimum absolute atomic E-state index is 0.251. The number of sulfone groups is 1. The Morgan fingerprint density at radius 2 is 1.93 bits per heavy atom. The average Bonchev–Trinajstić information content (AvgIpc) is 2.16. The molecule has 0 spiro atoms. The van der Waals surface area contributed by atoms with E-state index in [4.69, 9.17) is 5.26 Å². The van der Waals surface area contributed by atoms with Gasteiger partial charge in [-0.3, -0.25) is 0 Å². The molecule has 1 fully saturated rings. The number of nitriles is 1. The summed E-state index contributed by atoms with van der Waals surface area (Å²) >= 11 is 0. The van der Waals surface area contributed by atoms with Crippen molar-refractivity contribution in [2.45, 2.75) is 32.7 Å². The molecule has 0 radical (unpaired) electrons. The highest BCUT2D eigenvalue weighted by atomic mass is 32.2. The van der Waals surface area contributed by atoms with Crippen LogP contribution in [0.2, 0.25) is 0 Å². The Hall–Kier alpha value is -0.600. The van der Waals surface area contributed by atoms with E-state index in [1.807, 2.05) is 13.8 Å². The molecule has 0 unspecified atom stereocenters. The molecule has 0 atom stereocenters. The van der Waals surface area contributed by atoms with Crippen LogP contribution in [-0.2, 0) is 9.84 Å². The molecule has 5 heteroatoms. The van der Waals surface area contributed by atoms with E-state index in [0.29, 0.717) is 19.4 Å². The standard InChI is InChI=1S/C10H18N2O2S/c1-10(2,7-11)8-12-9-3-5-15(13,14)6-4-9/h9,12H,3-6,8H2,1-2H3. The van der Waals surface area contributed by atoms with E-state index in [1.165, 1.54) is 0 Å². The van der Waals surface area contributed by atoms with Crippen molar-refractivity contribution in [3.63, 3.8) is 0 Å². The molecule has 1 heterocycles. The van der Waals surface area contributed by atoms with Gasteiger partial charge in [-0.1, -0.05) is 0 Å². The highest BCUT2D eigenvalue weighted by Gasteiger charge is 2.25. The van der Waals surface area contributed by atoms with Gasteiger partial charge in [0.25, 0.3) is 0 Å². The van der Waals surface area contributed by atoms with Crippen molar-refractivity contribution in [3.8, 4) is 6.07 Å². The van der Waals surface area contributed by atoms with Crippen LogP contribution in [0.4, 0.5) is 0 Å². The van der Waals surface area contributed by atoms with Crippen LogP contribution in [0, 0.1) is 16.7 Å². The second-order valence-electron chi connectivity index (χ2n) is 4.80. The summed E-state index contributed by atoms with van der Waals surface area (Å²) in [4.78, 5) is 0. The molecular formula is C10H18N2O2S. The first kappa shape index (κ1) is 12.5. The second-order valence-corrected chi connectivity index (χ2v) is 7.11. The molecule has 15 heavy (non-hydrogen) atoms. The number of nitrogens with one attached hydrogen (secondary N) is 1. The quantitative estimate of drug-likeness (QED) is 0.775. The molecule has 0 aliphatic carbocycles. The van der Waals surface area contributed by atoms with Gasteiger partial charge in [0.1, 0.15) is 9.84 Å². The van der Waals surface area contributed by atoms with E-state index in [2.05, 4.69) is 11.4 Å². The molecule has 1 saturated heterocycles. The van der Waals surface area contributed by atoms with E-state index in [1.54, 1.807) is 0 Å². The zero-order valence-corrected chi connectivity index (χ0v) is 10.1. The van der Waals surface area contributed by atoms with Crippen LogP contribution in [-0.4, -0.2) is 32.5 Å². The normalized spacial score (nSPS) is 22.2. The smallest absolute Gasteiger partial charge is 0.150 e. The van der Waals surface area contributed by atoms with Crippen LogP contribution in [0.15, 0.2) is 0 Å². The third-order valence-electron chi connectivity index (χ3n) is 2.69. The molecule has 1 aliphatic heterocycles.